The van der Waals surface area contributed by atoms with E-state index in [4.69, 9.17) is 21.6 Å². The highest BCUT2D eigenvalue weighted by Crippen LogP contribution is 2.26. The average molecular weight is 539 g/mol. The first-order chi connectivity index (χ1) is 16.4. The Bertz CT molecular complexity index is 1270. The molecular weight excluding hydrogens is 508 g/mol. The minimum Gasteiger partial charge on any atom is -0.493 e. The molecule has 0 bridgehead atoms. The fourth-order valence-electron chi connectivity index (χ4n) is 4.26. The largest absolute Gasteiger partial charge is 0.493 e. The summed E-state index contributed by atoms with van der Waals surface area (Å²) in [6.45, 7) is 5.48. The molecule has 0 unspecified atom stereocenters. The molecule has 0 aromatic heterocycles. The van der Waals surface area contributed by atoms with Crippen LogP contribution in [0, 0.1) is 23.2 Å². The predicted octanol–water partition coefficient (Wildman–Crippen LogP) is 3.61. The molecule has 2 aromatic carbocycles. The maximum Gasteiger partial charge on any atom is 0.178 e. The van der Waals surface area contributed by atoms with Gasteiger partial charge in [-0.3, -0.25) is 0 Å². The summed E-state index contributed by atoms with van der Waals surface area (Å²) in [5.41, 5.74) is 1.62. The van der Waals surface area contributed by atoms with E-state index in [0.29, 0.717) is 34.8 Å². The molecule has 0 amide bonds. The van der Waals surface area contributed by atoms with Crippen molar-refractivity contribution in [3.63, 3.8) is 0 Å². The van der Waals surface area contributed by atoms with Crippen molar-refractivity contribution >= 4 is 31.3 Å². The highest BCUT2D eigenvalue weighted by molar-refractivity contribution is 7.92. The normalized spacial score (nSPS) is 18.9. The van der Waals surface area contributed by atoms with Gasteiger partial charge in [-0.2, -0.15) is 5.26 Å². The number of halogens is 1. The van der Waals surface area contributed by atoms with Crippen molar-refractivity contribution in [3.8, 4) is 11.8 Å². The lowest BCUT2D eigenvalue weighted by Crippen LogP contribution is -2.24. The number of hydrogen-bond donors (Lipinski definition) is 0. The van der Waals surface area contributed by atoms with Crippen LogP contribution in [0.5, 0.6) is 5.75 Å². The molecule has 1 heterocycles. The number of ether oxygens (including phenoxy) is 1. The molecule has 0 saturated carbocycles. The van der Waals surface area contributed by atoms with Gasteiger partial charge in [0.15, 0.2) is 9.84 Å². The zero-order valence-electron chi connectivity index (χ0n) is 20.0. The summed E-state index contributed by atoms with van der Waals surface area (Å²) in [5, 5.41) is 9.70. The summed E-state index contributed by atoms with van der Waals surface area (Å²) in [6.07, 6.45) is 1.99. The van der Waals surface area contributed by atoms with Crippen molar-refractivity contribution in [2.75, 3.05) is 44.0 Å². The lowest BCUT2D eigenvalue weighted by atomic mass is 9.99. The Labute approximate surface area is 213 Å². The summed E-state index contributed by atoms with van der Waals surface area (Å²) < 4.78 is 53.3. The first-order valence-electron chi connectivity index (χ1n) is 11.5. The first kappa shape index (κ1) is 27.5. The zero-order valence-corrected chi connectivity index (χ0v) is 22.4. The number of hydrogen-bond acceptors (Lipinski definition) is 7. The quantitative estimate of drug-likeness (QED) is 0.430. The Balaban J connectivity index is 1.48. The Morgan fingerprint density at radius 1 is 1.09 bits per heavy atom. The van der Waals surface area contributed by atoms with Gasteiger partial charge in [0.05, 0.1) is 34.6 Å². The van der Waals surface area contributed by atoms with Crippen LogP contribution in [0.4, 0.5) is 0 Å². The second-order valence-electron chi connectivity index (χ2n) is 9.29. The number of sulfone groups is 2. The summed E-state index contributed by atoms with van der Waals surface area (Å²) in [4.78, 5) is 2.55. The van der Waals surface area contributed by atoms with Crippen molar-refractivity contribution in [2.24, 2.45) is 11.8 Å². The van der Waals surface area contributed by atoms with Crippen molar-refractivity contribution in [3.05, 3.63) is 58.6 Å². The number of benzene rings is 2. The number of likely N-dealkylation sites (tertiary alicyclic amines) is 1. The molecule has 10 heteroatoms. The maximum absolute atomic E-state index is 12.4. The molecule has 1 aliphatic rings. The van der Waals surface area contributed by atoms with Crippen molar-refractivity contribution in [2.45, 2.75) is 24.7 Å². The number of nitriles is 1. The average Bonchev–Trinajstić information content (AvgIpc) is 3.14. The van der Waals surface area contributed by atoms with E-state index in [1.807, 2.05) is 12.1 Å². The minimum absolute atomic E-state index is 0.0757. The van der Waals surface area contributed by atoms with Crippen molar-refractivity contribution < 1.29 is 21.6 Å². The van der Waals surface area contributed by atoms with E-state index in [2.05, 4.69) is 17.9 Å². The van der Waals surface area contributed by atoms with Gasteiger partial charge in [0.1, 0.15) is 15.6 Å². The third-order valence-electron chi connectivity index (χ3n) is 6.22. The summed E-state index contributed by atoms with van der Waals surface area (Å²) >= 11 is 6.11. The van der Waals surface area contributed by atoms with E-state index >= 15 is 0 Å². The van der Waals surface area contributed by atoms with E-state index in [1.54, 1.807) is 18.2 Å². The molecular formula is C25H31ClN2O5S2. The lowest BCUT2D eigenvalue weighted by Gasteiger charge is -2.17. The van der Waals surface area contributed by atoms with Crippen LogP contribution in [-0.2, 0) is 26.1 Å². The van der Waals surface area contributed by atoms with Crippen molar-refractivity contribution in [1.29, 1.82) is 5.26 Å². The van der Waals surface area contributed by atoms with Gasteiger partial charge in [-0.1, -0.05) is 18.5 Å². The monoisotopic (exact) mass is 538 g/mol. The summed E-state index contributed by atoms with van der Waals surface area (Å²) in [5.74, 6) is 1.06. The van der Waals surface area contributed by atoms with Crippen LogP contribution in [0.25, 0.3) is 0 Å². The predicted molar refractivity (Wildman–Crippen MR) is 137 cm³/mol. The minimum atomic E-state index is -3.54. The van der Waals surface area contributed by atoms with Gasteiger partial charge in [0.2, 0.25) is 0 Å². The van der Waals surface area contributed by atoms with E-state index in [1.165, 1.54) is 12.1 Å². The fourth-order valence-corrected chi connectivity index (χ4v) is 6.68. The Hall–Kier alpha value is -2.12. The van der Waals surface area contributed by atoms with Gasteiger partial charge in [0.25, 0.3) is 0 Å². The third kappa shape index (κ3) is 8.50. The summed E-state index contributed by atoms with van der Waals surface area (Å²) in [6, 6.07) is 13.9. The van der Waals surface area contributed by atoms with E-state index in [9.17, 15) is 16.8 Å². The van der Waals surface area contributed by atoms with Gasteiger partial charge >= 0.3 is 0 Å². The van der Waals surface area contributed by atoms with Gasteiger partial charge in [-0.25, -0.2) is 16.8 Å². The van der Waals surface area contributed by atoms with Crippen LogP contribution in [0.1, 0.15) is 24.5 Å². The summed E-state index contributed by atoms with van der Waals surface area (Å²) in [7, 11) is -6.72. The standard InChI is InChI=1S/C25H31ClN2O5S2/c1-19-16-28(9-8-20-12-21(15-27)14-23(26)13-20)17-22(19)18-33-24-4-6-25(7-5-24)35(31,32)11-3-10-34(2,29)30/h4-7,12-14,19,22H,3,8-11,16-18H2,1-2H3/t19-,22+/m1/s1. The van der Waals surface area contributed by atoms with Crippen LogP contribution in [-0.4, -0.2) is 65.7 Å². The van der Waals surface area contributed by atoms with Crippen LogP contribution in [0.2, 0.25) is 5.02 Å². The molecule has 0 radical (unpaired) electrons. The molecule has 7 nitrogen and oxygen atoms in total. The SMILES string of the molecule is C[C@@H]1CN(CCc2cc(Cl)cc(C#N)c2)C[C@H]1COc1ccc(S(=O)(=O)CCCS(C)(=O)=O)cc1. The molecule has 2 atom stereocenters. The highest BCUT2D eigenvalue weighted by Gasteiger charge is 2.29. The van der Waals surface area contributed by atoms with Gasteiger partial charge < -0.3 is 9.64 Å². The second-order valence-corrected chi connectivity index (χ2v) is 14.1. The van der Waals surface area contributed by atoms with E-state index in [0.717, 1.165) is 37.9 Å². The lowest BCUT2D eigenvalue weighted by molar-refractivity contribution is 0.225. The van der Waals surface area contributed by atoms with E-state index in [-0.39, 0.29) is 22.8 Å². The van der Waals surface area contributed by atoms with E-state index < -0.39 is 19.7 Å². The molecule has 35 heavy (non-hydrogen) atoms. The first-order valence-corrected chi connectivity index (χ1v) is 15.6. The van der Waals surface area contributed by atoms with Crippen LogP contribution < -0.4 is 4.74 Å². The molecule has 1 fully saturated rings. The van der Waals surface area contributed by atoms with Gasteiger partial charge in [0, 0.05) is 36.8 Å². The molecule has 3 rings (SSSR count). The Morgan fingerprint density at radius 3 is 2.46 bits per heavy atom. The Kier molecular flexibility index (Phi) is 9.22. The van der Waals surface area contributed by atoms with Gasteiger partial charge in [-0.15, -0.1) is 0 Å². The van der Waals surface area contributed by atoms with Gasteiger partial charge in [-0.05, 0) is 66.8 Å². The zero-order chi connectivity index (χ0) is 25.6. The highest BCUT2D eigenvalue weighted by atomic mass is 35.5. The third-order valence-corrected chi connectivity index (χ3v) is 9.29. The van der Waals surface area contributed by atoms with Crippen molar-refractivity contribution in [1.82, 2.24) is 4.90 Å². The number of nitrogens with zero attached hydrogens (tertiary/aromatic N) is 2. The topological polar surface area (TPSA) is 105 Å². The maximum atomic E-state index is 12.4. The molecule has 1 saturated heterocycles. The number of rotatable bonds is 11. The Morgan fingerprint density at radius 2 is 1.80 bits per heavy atom. The van der Waals surface area contributed by atoms with Crippen LogP contribution >= 0.6 is 11.6 Å². The van der Waals surface area contributed by atoms with Crippen LogP contribution in [0.3, 0.4) is 0 Å². The molecule has 2 aromatic rings. The molecule has 0 N–H and O–H groups in total. The fraction of sp³-hybridized carbons (Fsp3) is 0.480. The molecule has 0 aliphatic carbocycles. The molecule has 190 valence electrons. The molecule has 1 aliphatic heterocycles. The van der Waals surface area contributed by atoms with Crippen LogP contribution in [0.15, 0.2) is 47.4 Å². The molecule has 0 spiro atoms. The smallest absolute Gasteiger partial charge is 0.178 e. The second kappa shape index (κ2) is 11.7.